The monoisotopic (exact) mass is 174 g/mol. The minimum atomic E-state index is -0.606. The van der Waals surface area contributed by atoms with Crippen LogP contribution in [0.4, 0.5) is 4.79 Å². The molecule has 5 heteroatoms. The van der Waals surface area contributed by atoms with Gasteiger partial charge < -0.3 is 18.9 Å². The Morgan fingerprint density at radius 1 is 1.42 bits per heavy atom. The normalized spacial score (nSPS) is 40.1. The molecule has 0 aromatic heterocycles. The van der Waals surface area contributed by atoms with Gasteiger partial charge in [0.05, 0.1) is 6.61 Å². The highest BCUT2D eigenvalue weighted by atomic mass is 16.8. The molecular formula is C7H10O5. The van der Waals surface area contributed by atoms with Crippen molar-refractivity contribution in [3.05, 3.63) is 0 Å². The number of fused-ring (bicyclic) bond motifs is 1. The molecule has 0 spiro atoms. The molecule has 0 N–H and O–H groups in total. The Balaban J connectivity index is 1.97. The van der Waals surface area contributed by atoms with Crippen molar-refractivity contribution in [2.45, 2.75) is 24.9 Å². The van der Waals surface area contributed by atoms with E-state index in [9.17, 15) is 4.79 Å². The van der Waals surface area contributed by atoms with E-state index in [2.05, 4.69) is 0 Å². The first-order chi connectivity index (χ1) is 5.79. The molecule has 2 aliphatic heterocycles. The first kappa shape index (κ1) is 7.82. The third-order valence-electron chi connectivity index (χ3n) is 2.04. The van der Waals surface area contributed by atoms with Gasteiger partial charge in [-0.2, -0.15) is 0 Å². The van der Waals surface area contributed by atoms with Gasteiger partial charge in [0.2, 0.25) is 0 Å². The van der Waals surface area contributed by atoms with Crippen LogP contribution in [0.15, 0.2) is 0 Å². The van der Waals surface area contributed by atoms with Crippen molar-refractivity contribution in [2.24, 2.45) is 0 Å². The van der Waals surface area contributed by atoms with Crippen molar-refractivity contribution < 1.29 is 23.7 Å². The molecule has 12 heavy (non-hydrogen) atoms. The molecule has 0 saturated carbocycles. The van der Waals surface area contributed by atoms with E-state index >= 15 is 0 Å². The Bertz CT molecular complexity index is 192. The average molecular weight is 174 g/mol. The number of carbonyl (C=O) groups is 1. The molecule has 0 bridgehead atoms. The lowest BCUT2D eigenvalue weighted by molar-refractivity contribution is -0.182. The van der Waals surface area contributed by atoms with E-state index < -0.39 is 6.16 Å². The Hall–Kier alpha value is -0.810. The highest BCUT2D eigenvalue weighted by molar-refractivity contribution is 5.62. The molecule has 5 nitrogen and oxygen atoms in total. The number of hydrogen-bond acceptors (Lipinski definition) is 5. The fourth-order valence-corrected chi connectivity index (χ4v) is 1.39. The van der Waals surface area contributed by atoms with Gasteiger partial charge in [0.25, 0.3) is 0 Å². The molecule has 0 aromatic rings. The first-order valence-corrected chi connectivity index (χ1v) is 3.81. The topological polar surface area (TPSA) is 54.0 Å². The molecular weight excluding hydrogens is 164 g/mol. The zero-order valence-corrected chi connectivity index (χ0v) is 6.69. The summed E-state index contributed by atoms with van der Waals surface area (Å²) < 4.78 is 19.9. The van der Waals surface area contributed by atoms with Crippen LogP contribution in [0.5, 0.6) is 0 Å². The van der Waals surface area contributed by atoms with Crippen LogP contribution in [0.3, 0.4) is 0 Å². The minimum Gasteiger partial charge on any atom is -0.427 e. The summed E-state index contributed by atoms with van der Waals surface area (Å²) in [7, 11) is 1.56. The lowest BCUT2D eigenvalue weighted by Crippen LogP contribution is -2.39. The molecule has 3 atom stereocenters. The Labute approximate surface area is 69.5 Å². The van der Waals surface area contributed by atoms with Crippen LogP contribution in [0.1, 0.15) is 6.42 Å². The van der Waals surface area contributed by atoms with Gasteiger partial charge in [-0.15, -0.1) is 0 Å². The van der Waals surface area contributed by atoms with E-state index in [0.717, 1.165) is 0 Å². The van der Waals surface area contributed by atoms with E-state index in [0.29, 0.717) is 13.0 Å². The van der Waals surface area contributed by atoms with Gasteiger partial charge in [0.15, 0.2) is 12.4 Å². The highest BCUT2D eigenvalue weighted by Crippen LogP contribution is 2.25. The summed E-state index contributed by atoms with van der Waals surface area (Å²) in [5.41, 5.74) is 0. The van der Waals surface area contributed by atoms with Crippen molar-refractivity contribution in [2.75, 3.05) is 13.7 Å². The molecule has 1 unspecified atom stereocenters. The number of hydrogen-bond donors (Lipinski definition) is 0. The number of ether oxygens (including phenoxy) is 4. The van der Waals surface area contributed by atoms with Crippen molar-refractivity contribution in [3.8, 4) is 0 Å². The van der Waals surface area contributed by atoms with Crippen LogP contribution in [0, 0.1) is 0 Å². The fraction of sp³-hybridized carbons (Fsp3) is 0.857. The maximum Gasteiger partial charge on any atom is 0.509 e. The van der Waals surface area contributed by atoms with E-state index in [1.54, 1.807) is 7.11 Å². The van der Waals surface area contributed by atoms with Crippen molar-refractivity contribution >= 4 is 6.16 Å². The van der Waals surface area contributed by atoms with Gasteiger partial charge in [0.1, 0.15) is 6.10 Å². The summed E-state index contributed by atoms with van der Waals surface area (Å²) in [5, 5.41) is 0. The van der Waals surface area contributed by atoms with E-state index in [-0.39, 0.29) is 18.5 Å². The second-order valence-electron chi connectivity index (χ2n) is 2.80. The Morgan fingerprint density at radius 2 is 2.17 bits per heavy atom. The number of rotatable bonds is 1. The van der Waals surface area contributed by atoms with Crippen molar-refractivity contribution in [1.29, 1.82) is 0 Å². The van der Waals surface area contributed by atoms with E-state index in [4.69, 9.17) is 18.9 Å². The van der Waals surface area contributed by atoms with Gasteiger partial charge in [-0.05, 0) is 0 Å². The standard InChI is InChI=1S/C7H10O5/c1-9-6-2-4-5(3-10-6)12-7(8)11-4/h4-6H,2-3H2,1H3/t4-,5+,6?/m1/s1. The molecule has 0 aliphatic carbocycles. The SMILES string of the molecule is COC1C[C@H]2OC(=O)O[C@H]2CO1. The second-order valence-corrected chi connectivity index (χ2v) is 2.80. The summed E-state index contributed by atoms with van der Waals surface area (Å²) in [6, 6.07) is 0. The minimum absolute atomic E-state index is 0.198. The largest absolute Gasteiger partial charge is 0.509 e. The molecule has 0 amide bonds. The Morgan fingerprint density at radius 3 is 2.92 bits per heavy atom. The quantitative estimate of drug-likeness (QED) is 0.534. The van der Waals surface area contributed by atoms with Crippen LogP contribution >= 0.6 is 0 Å². The van der Waals surface area contributed by atoms with E-state index in [1.165, 1.54) is 0 Å². The lowest BCUT2D eigenvalue weighted by Gasteiger charge is -2.27. The van der Waals surface area contributed by atoms with Gasteiger partial charge in [-0.25, -0.2) is 4.79 Å². The number of carbonyl (C=O) groups excluding carboxylic acids is 1. The average Bonchev–Trinajstić information content (AvgIpc) is 2.43. The summed E-state index contributed by atoms with van der Waals surface area (Å²) in [4.78, 5) is 10.7. The predicted octanol–water partition coefficient (Wildman–Crippen LogP) is 0.283. The molecule has 0 radical (unpaired) electrons. The zero-order valence-electron chi connectivity index (χ0n) is 6.69. The maximum absolute atomic E-state index is 10.7. The third kappa shape index (κ3) is 1.25. The first-order valence-electron chi connectivity index (χ1n) is 3.81. The fourth-order valence-electron chi connectivity index (χ4n) is 1.39. The molecule has 68 valence electrons. The van der Waals surface area contributed by atoms with Crippen LogP contribution in [-0.2, 0) is 18.9 Å². The molecule has 2 heterocycles. The van der Waals surface area contributed by atoms with Gasteiger partial charge in [-0.1, -0.05) is 0 Å². The molecule has 2 rings (SSSR count). The van der Waals surface area contributed by atoms with Gasteiger partial charge in [-0.3, -0.25) is 0 Å². The summed E-state index contributed by atoms with van der Waals surface area (Å²) in [6.45, 7) is 0.356. The molecule has 2 aliphatic rings. The molecule has 2 saturated heterocycles. The van der Waals surface area contributed by atoms with E-state index in [1.807, 2.05) is 0 Å². The highest BCUT2D eigenvalue weighted by Gasteiger charge is 2.42. The van der Waals surface area contributed by atoms with Gasteiger partial charge in [0, 0.05) is 13.5 Å². The zero-order chi connectivity index (χ0) is 8.55. The Kier molecular flexibility index (Phi) is 1.90. The molecule has 0 aromatic carbocycles. The smallest absolute Gasteiger partial charge is 0.427 e. The van der Waals surface area contributed by atoms with Crippen LogP contribution in [-0.4, -0.2) is 38.4 Å². The second kappa shape index (κ2) is 2.91. The van der Waals surface area contributed by atoms with Crippen molar-refractivity contribution in [1.82, 2.24) is 0 Å². The van der Waals surface area contributed by atoms with Gasteiger partial charge >= 0.3 is 6.16 Å². The maximum atomic E-state index is 10.7. The number of methoxy groups -OCH3 is 1. The third-order valence-corrected chi connectivity index (χ3v) is 2.04. The summed E-state index contributed by atoms with van der Waals surface area (Å²) in [5.74, 6) is 0. The summed E-state index contributed by atoms with van der Waals surface area (Å²) in [6.07, 6.45) is -0.779. The van der Waals surface area contributed by atoms with Crippen LogP contribution in [0.2, 0.25) is 0 Å². The van der Waals surface area contributed by atoms with Crippen molar-refractivity contribution in [3.63, 3.8) is 0 Å². The lowest BCUT2D eigenvalue weighted by atomic mass is 10.1. The van der Waals surface area contributed by atoms with Crippen LogP contribution < -0.4 is 0 Å². The summed E-state index contributed by atoms with van der Waals surface area (Å²) >= 11 is 0. The molecule has 2 fully saturated rings. The van der Waals surface area contributed by atoms with Crippen LogP contribution in [0.25, 0.3) is 0 Å². The predicted molar refractivity (Wildman–Crippen MR) is 36.5 cm³/mol.